The zero-order valence-electron chi connectivity index (χ0n) is 15.7. The fourth-order valence-corrected chi connectivity index (χ4v) is 4.50. The van der Waals surface area contributed by atoms with Gasteiger partial charge in [-0.2, -0.15) is 0 Å². The van der Waals surface area contributed by atoms with Gasteiger partial charge in [-0.05, 0) is 31.0 Å². The normalized spacial score (nSPS) is 17.6. The van der Waals surface area contributed by atoms with E-state index in [0.717, 1.165) is 36.3 Å². The maximum absolute atomic E-state index is 13.0. The van der Waals surface area contributed by atoms with Crippen molar-refractivity contribution in [3.63, 3.8) is 0 Å². The number of benzene rings is 1. The number of nitrogens with zero attached hydrogens (tertiary/aromatic N) is 1. The highest BCUT2D eigenvalue weighted by Crippen LogP contribution is 2.36. The number of carbonyl (C=O) groups is 2. The van der Waals surface area contributed by atoms with Crippen LogP contribution < -0.4 is 20.1 Å². The first kappa shape index (κ1) is 18.7. The highest BCUT2D eigenvalue weighted by Gasteiger charge is 2.40. The van der Waals surface area contributed by atoms with E-state index in [4.69, 9.17) is 9.47 Å². The van der Waals surface area contributed by atoms with Gasteiger partial charge in [0.1, 0.15) is 18.8 Å². The number of amides is 2. The second kappa shape index (κ2) is 7.79. The first-order valence-electron chi connectivity index (χ1n) is 9.51. The molecule has 148 valence electrons. The Hall–Kier alpha value is -2.61. The summed E-state index contributed by atoms with van der Waals surface area (Å²) in [6, 6.07) is 5.69. The summed E-state index contributed by atoms with van der Waals surface area (Å²) >= 11 is 1.36. The topological polar surface area (TPSA) is 89.6 Å². The maximum atomic E-state index is 13.0. The molecule has 0 spiro atoms. The van der Waals surface area contributed by atoms with Gasteiger partial charge in [0.2, 0.25) is 5.91 Å². The largest absolute Gasteiger partial charge is 0.486 e. The number of hydrogen-bond donors (Lipinski definition) is 2. The number of nitrogens with one attached hydrogen (secondary N) is 2. The summed E-state index contributed by atoms with van der Waals surface area (Å²) in [4.78, 5) is 29.2. The van der Waals surface area contributed by atoms with E-state index in [1.165, 1.54) is 18.3 Å². The van der Waals surface area contributed by atoms with Crippen molar-refractivity contribution in [3.05, 3.63) is 23.6 Å². The molecule has 4 rings (SSSR count). The maximum Gasteiger partial charge on any atom is 0.251 e. The monoisotopic (exact) mass is 401 g/mol. The van der Waals surface area contributed by atoms with E-state index in [-0.39, 0.29) is 11.8 Å². The van der Waals surface area contributed by atoms with Crippen LogP contribution in [0.15, 0.2) is 23.6 Å². The number of hydrogen-bond acceptors (Lipinski definition) is 6. The SMILES string of the molecule is CC(=O)NC1(C(=O)Nc2nc(-c3ccc4c(c3)OCCO4)cs2)CCCCC1. The minimum atomic E-state index is -0.840. The lowest BCUT2D eigenvalue weighted by atomic mass is 9.81. The fraction of sp³-hybridized carbons (Fsp3) is 0.450. The van der Waals surface area contributed by atoms with Crippen LogP contribution in [0.2, 0.25) is 0 Å². The molecular weight excluding hydrogens is 378 g/mol. The lowest BCUT2D eigenvalue weighted by Gasteiger charge is -2.35. The molecular formula is C20H23N3O4S. The van der Waals surface area contributed by atoms with Crippen molar-refractivity contribution in [2.24, 2.45) is 0 Å². The van der Waals surface area contributed by atoms with Gasteiger partial charge in [0.15, 0.2) is 16.6 Å². The van der Waals surface area contributed by atoms with Crippen molar-refractivity contribution in [2.75, 3.05) is 18.5 Å². The highest BCUT2D eigenvalue weighted by molar-refractivity contribution is 7.14. The van der Waals surface area contributed by atoms with Crippen LogP contribution >= 0.6 is 11.3 Å². The summed E-state index contributed by atoms with van der Waals surface area (Å²) in [7, 11) is 0. The number of aromatic nitrogens is 1. The Labute approximate surface area is 167 Å². The number of anilines is 1. The number of rotatable bonds is 4. The van der Waals surface area contributed by atoms with Crippen LogP contribution in [0.5, 0.6) is 11.5 Å². The molecule has 28 heavy (non-hydrogen) atoms. The van der Waals surface area contributed by atoms with Crippen molar-refractivity contribution in [3.8, 4) is 22.8 Å². The van der Waals surface area contributed by atoms with Crippen LogP contribution in [0.3, 0.4) is 0 Å². The molecule has 8 heteroatoms. The molecule has 2 amide bonds. The van der Waals surface area contributed by atoms with E-state index in [2.05, 4.69) is 15.6 Å². The smallest absolute Gasteiger partial charge is 0.251 e. The van der Waals surface area contributed by atoms with Crippen molar-refractivity contribution >= 4 is 28.3 Å². The van der Waals surface area contributed by atoms with Crippen LogP contribution in [0.1, 0.15) is 39.0 Å². The molecule has 1 fully saturated rings. The number of fused-ring (bicyclic) bond motifs is 1. The predicted molar refractivity (Wildman–Crippen MR) is 107 cm³/mol. The highest BCUT2D eigenvalue weighted by atomic mass is 32.1. The molecule has 0 unspecified atom stereocenters. The third-order valence-electron chi connectivity index (χ3n) is 5.12. The van der Waals surface area contributed by atoms with Crippen LogP contribution in [-0.2, 0) is 9.59 Å². The summed E-state index contributed by atoms with van der Waals surface area (Å²) < 4.78 is 11.2. The lowest BCUT2D eigenvalue weighted by molar-refractivity contribution is -0.130. The van der Waals surface area contributed by atoms with Gasteiger partial charge in [-0.15, -0.1) is 11.3 Å². The van der Waals surface area contributed by atoms with Gasteiger partial charge in [0.25, 0.3) is 5.91 Å². The zero-order valence-corrected chi connectivity index (χ0v) is 16.6. The van der Waals surface area contributed by atoms with E-state index in [0.29, 0.717) is 36.9 Å². The first-order valence-corrected chi connectivity index (χ1v) is 10.4. The van der Waals surface area contributed by atoms with E-state index in [9.17, 15) is 9.59 Å². The van der Waals surface area contributed by atoms with Gasteiger partial charge in [-0.1, -0.05) is 19.3 Å². The van der Waals surface area contributed by atoms with E-state index in [1.807, 2.05) is 23.6 Å². The van der Waals surface area contributed by atoms with E-state index >= 15 is 0 Å². The Balaban J connectivity index is 1.51. The van der Waals surface area contributed by atoms with Crippen LogP contribution in [0.25, 0.3) is 11.3 Å². The predicted octanol–water partition coefficient (Wildman–Crippen LogP) is 3.36. The molecule has 1 aliphatic heterocycles. The van der Waals surface area contributed by atoms with Gasteiger partial charge in [-0.25, -0.2) is 4.98 Å². The third kappa shape index (κ3) is 3.82. The third-order valence-corrected chi connectivity index (χ3v) is 5.88. The molecule has 1 aromatic heterocycles. The number of carbonyl (C=O) groups excluding carboxylic acids is 2. The minimum absolute atomic E-state index is 0.187. The summed E-state index contributed by atoms with van der Waals surface area (Å²) in [5.74, 6) is 1.06. The zero-order chi connectivity index (χ0) is 19.6. The van der Waals surface area contributed by atoms with E-state index < -0.39 is 5.54 Å². The fourth-order valence-electron chi connectivity index (χ4n) is 3.78. The molecule has 2 N–H and O–H groups in total. The molecule has 0 atom stereocenters. The van der Waals surface area contributed by atoms with Crippen molar-refractivity contribution in [1.29, 1.82) is 0 Å². The number of thiazole rings is 1. The average Bonchev–Trinajstić information content (AvgIpc) is 3.16. The molecule has 0 radical (unpaired) electrons. The Morgan fingerprint density at radius 1 is 1.11 bits per heavy atom. The van der Waals surface area contributed by atoms with Crippen molar-refractivity contribution < 1.29 is 19.1 Å². The second-order valence-electron chi connectivity index (χ2n) is 7.17. The van der Waals surface area contributed by atoms with Gasteiger partial charge in [-0.3, -0.25) is 14.9 Å². The Morgan fingerprint density at radius 3 is 2.61 bits per heavy atom. The summed E-state index contributed by atoms with van der Waals surface area (Å²) in [6.07, 6.45) is 4.24. The van der Waals surface area contributed by atoms with Crippen LogP contribution in [-0.4, -0.2) is 35.6 Å². The van der Waals surface area contributed by atoms with E-state index in [1.54, 1.807) is 0 Å². The number of ether oxygens (including phenoxy) is 2. The summed E-state index contributed by atoms with van der Waals surface area (Å²) in [5.41, 5.74) is 0.817. The molecule has 0 saturated heterocycles. The quantitative estimate of drug-likeness (QED) is 0.820. The van der Waals surface area contributed by atoms with Crippen molar-refractivity contribution in [2.45, 2.75) is 44.6 Å². The molecule has 7 nitrogen and oxygen atoms in total. The molecule has 0 bridgehead atoms. The summed E-state index contributed by atoms with van der Waals surface area (Å²) in [6.45, 7) is 2.53. The van der Waals surface area contributed by atoms with Crippen LogP contribution in [0, 0.1) is 0 Å². The lowest BCUT2D eigenvalue weighted by Crippen LogP contribution is -2.57. The van der Waals surface area contributed by atoms with Gasteiger partial charge in [0, 0.05) is 17.9 Å². The van der Waals surface area contributed by atoms with Crippen LogP contribution in [0.4, 0.5) is 5.13 Å². The molecule has 1 aliphatic carbocycles. The Morgan fingerprint density at radius 2 is 1.86 bits per heavy atom. The second-order valence-corrected chi connectivity index (χ2v) is 8.03. The minimum Gasteiger partial charge on any atom is -0.486 e. The first-order chi connectivity index (χ1) is 13.6. The van der Waals surface area contributed by atoms with Gasteiger partial charge >= 0.3 is 0 Å². The molecule has 1 aromatic carbocycles. The average molecular weight is 401 g/mol. The van der Waals surface area contributed by atoms with Gasteiger partial charge < -0.3 is 14.8 Å². The standard InChI is InChI=1S/C20H23N3O4S/c1-13(24)23-20(7-3-2-4-8-20)18(25)22-19-21-15(12-28-19)14-5-6-16-17(11-14)27-10-9-26-16/h5-6,11-12H,2-4,7-10H2,1H3,(H,23,24)(H,21,22,25). The molecule has 2 heterocycles. The molecule has 2 aromatic rings. The Bertz CT molecular complexity index is 889. The Kier molecular flexibility index (Phi) is 5.21. The molecule has 1 saturated carbocycles. The van der Waals surface area contributed by atoms with Crippen molar-refractivity contribution in [1.82, 2.24) is 10.3 Å². The van der Waals surface area contributed by atoms with Gasteiger partial charge in [0.05, 0.1) is 5.69 Å². The molecule has 2 aliphatic rings. The summed E-state index contributed by atoms with van der Waals surface area (Å²) in [5, 5.41) is 8.21.